The Kier molecular flexibility index (Phi) is 4.05. The van der Waals surface area contributed by atoms with E-state index in [1.165, 1.54) is 6.92 Å². The molecule has 0 aromatic heterocycles. The van der Waals surface area contributed by atoms with Gasteiger partial charge in [0, 0.05) is 0 Å². The Labute approximate surface area is 135 Å². The van der Waals surface area contributed by atoms with Gasteiger partial charge in [-0.2, -0.15) is 0 Å². The molecule has 7 heteroatoms. The van der Waals surface area contributed by atoms with Crippen LogP contribution >= 0.6 is 0 Å². The fraction of sp³-hybridized carbons (Fsp3) is 0.625. The second-order valence-corrected chi connectivity index (χ2v) is 8.95. The Bertz CT molecular complexity index is 669. The number of aliphatic hydroxyl groups is 2. The predicted octanol–water partition coefficient (Wildman–Crippen LogP) is 1.07. The minimum absolute atomic E-state index is 0.213. The van der Waals surface area contributed by atoms with Gasteiger partial charge in [-0.1, -0.05) is 18.2 Å². The summed E-state index contributed by atoms with van der Waals surface area (Å²) in [6.45, 7) is 3.19. The van der Waals surface area contributed by atoms with Crippen LogP contribution < -0.4 is 0 Å². The van der Waals surface area contributed by atoms with Crippen LogP contribution in [0.5, 0.6) is 0 Å². The first kappa shape index (κ1) is 16.9. The Hall–Kier alpha value is -0.990. The fourth-order valence-electron chi connectivity index (χ4n) is 3.42. The van der Waals surface area contributed by atoms with Gasteiger partial charge in [0.1, 0.15) is 17.3 Å². The highest BCUT2D eigenvalue weighted by Gasteiger charge is 2.56. The van der Waals surface area contributed by atoms with Crippen LogP contribution in [0.3, 0.4) is 0 Å². The average Bonchev–Trinajstić information content (AvgIpc) is 2.48. The number of hydrogen-bond donors (Lipinski definition) is 2. The molecule has 1 aliphatic heterocycles. The maximum absolute atomic E-state index is 12.6. The van der Waals surface area contributed by atoms with Crippen molar-refractivity contribution in [1.82, 2.24) is 0 Å². The highest BCUT2D eigenvalue weighted by molar-refractivity contribution is 7.91. The first-order valence-electron chi connectivity index (χ1n) is 7.68. The lowest BCUT2D eigenvalue weighted by molar-refractivity contribution is -0.449. The van der Waals surface area contributed by atoms with Gasteiger partial charge in [0.25, 0.3) is 0 Å². The summed E-state index contributed by atoms with van der Waals surface area (Å²) in [6.07, 6.45) is -0.920. The zero-order valence-electron chi connectivity index (χ0n) is 13.2. The van der Waals surface area contributed by atoms with Gasteiger partial charge in [-0.3, -0.25) is 0 Å². The summed E-state index contributed by atoms with van der Waals surface area (Å²) >= 11 is 0. The SMILES string of the molecule is C[C@]1(O)[C@H](O)C[C@H]2C[C@@H]1OO[C@]2(C)CS(=O)(=O)c1ccccc1. The zero-order valence-corrected chi connectivity index (χ0v) is 14.0. The first-order chi connectivity index (χ1) is 10.7. The van der Waals surface area contributed by atoms with Crippen LogP contribution in [0.25, 0.3) is 0 Å². The molecule has 1 saturated carbocycles. The molecule has 128 valence electrons. The van der Waals surface area contributed by atoms with E-state index < -0.39 is 33.2 Å². The van der Waals surface area contributed by atoms with E-state index in [0.717, 1.165) is 0 Å². The highest BCUT2D eigenvalue weighted by Crippen LogP contribution is 2.46. The molecule has 0 amide bonds. The topological polar surface area (TPSA) is 93.1 Å². The molecule has 1 aromatic carbocycles. The Morgan fingerprint density at radius 2 is 1.87 bits per heavy atom. The Balaban J connectivity index is 1.84. The maximum Gasteiger partial charge on any atom is 0.181 e. The summed E-state index contributed by atoms with van der Waals surface area (Å²) in [5, 5.41) is 20.4. The van der Waals surface area contributed by atoms with E-state index in [9.17, 15) is 18.6 Å². The van der Waals surface area contributed by atoms with E-state index in [4.69, 9.17) is 9.78 Å². The van der Waals surface area contributed by atoms with Gasteiger partial charge >= 0.3 is 0 Å². The molecule has 3 rings (SSSR count). The van der Waals surface area contributed by atoms with Crippen molar-refractivity contribution in [2.45, 2.75) is 55.0 Å². The first-order valence-corrected chi connectivity index (χ1v) is 9.33. The van der Waals surface area contributed by atoms with Crippen LogP contribution in [0, 0.1) is 5.92 Å². The molecule has 2 N–H and O–H groups in total. The summed E-state index contributed by atoms with van der Waals surface area (Å²) in [6, 6.07) is 8.19. The smallest absolute Gasteiger partial charge is 0.181 e. The van der Waals surface area contributed by atoms with Gasteiger partial charge in [0.05, 0.1) is 16.8 Å². The van der Waals surface area contributed by atoms with Crippen LogP contribution in [0.1, 0.15) is 26.7 Å². The molecule has 6 nitrogen and oxygen atoms in total. The van der Waals surface area contributed by atoms with Crippen LogP contribution in [0.4, 0.5) is 0 Å². The second-order valence-electron chi connectivity index (χ2n) is 6.96. The molecule has 1 aromatic rings. The van der Waals surface area contributed by atoms with Crippen LogP contribution in [0.2, 0.25) is 0 Å². The summed E-state index contributed by atoms with van der Waals surface area (Å²) in [5.74, 6) is -0.453. The van der Waals surface area contributed by atoms with Gasteiger partial charge in [-0.05, 0) is 44.7 Å². The van der Waals surface area contributed by atoms with Gasteiger partial charge in [0.2, 0.25) is 0 Å². The summed E-state index contributed by atoms with van der Waals surface area (Å²) in [5.41, 5.74) is -2.46. The number of benzene rings is 1. The number of sulfone groups is 1. The van der Waals surface area contributed by atoms with Gasteiger partial charge in [0.15, 0.2) is 9.84 Å². The maximum atomic E-state index is 12.6. The quantitative estimate of drug-likeness (QED) is 0.798. The normalized spacial score (nSPS) is 40.8. The van der Waals surface area contributed by atoms with Crippen molar-refractivity contribution in [3.8, 4) is 0 Å². The second kappa shape index (κ2) is 5.53. The molecule has 1 saturated heterocycles. The molecule has 0 radical (unpaired) electrons. The molecular formula is C16H22O6S. The van der Waals surface area contributed by atoms with E-state index in [1.807, 2.05) is 0 Å². The third-order valence-corrected chi connectivity index (χ3v) is 7.07. The summed E-state index contributed by atoms with van der Waals surface area (Å²) in [7, 11) is -3.55. The highest BCUT2D eigenvalue weighted by atomic mass is 32.2. The van der Waals surface area contributed by atoms with Crippen molar-refractivity contribution in [3.05, 3.63) is 30.3 Å². The standard InChI is InChI=1S/C16H22O6S/c1-15(10-23(19,20)12-6-4-3-5-7-12)11-8-13(17)16(2,18)14(9-11)21-22-15/h3-7,11,13-14,17-18H,8-10H2,1-2H3/t11-,13+,14-,15+,16-/m0/s1. The molecule has 0 unspecified atom stereocenters. The molecule has 0 spiro atoms. The summed E-state index contributed by atoms with van der Waals surface area (Å²) < 4.78 is 25.3. The van der Waals surface area contributed by atoms with Crippen molar-refractivity contribution in [3.63, 3.8) is 0 Å². The summed E-state index contributed by atoms with van der Waals surface area (Å²) in [4.78, 5) is 10.9. The van der Waals surface area contributed by atoms with Gasteiger partial charge < -0.3 is 10.2 Å². The Morgan fingerprint density at radius 1 is 1.22 bits per heavy atom. The number of rotatable bonds is 3. The third-order valence-electron chi connectivity index (χ3n) is 5.13. The molecule has 1 aliphatic carbocycles. The van der Waals surface area contributed by atoms with E-state index >= 15 is 0 Å². The van der Waals surface area contributed by atoms with E-state index in [2.05, 4.69) is 0 Å². The van der Waals surface area contributed by atoms with E-state index in [-0.39, 0.29) is 23.0 Å². The van der Waals surface area contributed by atoms with Crippen molar-refractivity contribution in [2.75, 3.05) is 5.75 Å². The van der Waals surface area contributed by atoms with Gasteiger partial charge in [-0.25, -0.2) is 18.2 Å². The molecule has 23 heavy (non-hydrogen) atoms. The lowest BCUT2D eigenvalue weighted by Gasteiger charge is -2.52. The molecule has 2 bridgehead atoms. The van der Waals surface area contributed by atoms with Crippen molar-refractivity contribution < 1.29 is 28.4 Å². The zero-order chi connectivity index (χ0) is 16.9. The number of hydrogen-bond acceptors (Lipinski definition) is 6. The van der Waals surface area contributed by atoms with Crippen molar-refractivity contribution in [1.29, 1.82) is 0 Å². The molecular weight excluding hydrogens is 320 g/mol. The molecule has 2 aliphatic rings. The molecule has 5 atom stereocenters. The van der Waals surface area contributed by atoms with Crippen molar-refractivity contribution >= 4 is 9.84 Å². The largest absolute Gasteiger partial charge is 0.390 e. The minimum Gasteiger partial charge on any atom is -0.390 e. The minimum atomic E-state index is -3.55. The monoisotopic (exact) mass is 342 g/mol. The van der Waals surface area contributed by atoms with Gasteiger partial charge in [-0.15, -0.1) is 0 Å². The average molecular weight is 342 g/mol. The van der Waals surface area contributed by atoms with E-state index in [0.29, 0.717) is 6.42 Å². The third kappa shape index (κ3) is 2.92. The van der Waals surface area contributed by atoms with Crippen molar-refractivity contribution in [2.24, 2.45) is 5.92 Å². The Morgan fingerprint density at radius 3 is 2.52 bits per heavy atom. The molecule has 2 fully saturated rings. The lowest BCUT2D eigenvalue weighted by Crippen LogP contribution is -2.64. The predicted molar refractivity (Wildman–Crippen MR) is 82.2 cm³/mol. The molecule has 1 heterocycles. The lowest BCUT2D eigenvalue weighted by atomic mass is 9.69. The van der Waals surface area contributed by atoms with Crippen LogP contribution in [-0.4, -0.2) is 47.8 Å². The van der Waals surface area contributed by atoms with Crippen LogP contribution in [-0.2, 0) is 19.6 Å². The van der Waals surface area contributed by atoms with Crippen LogP contribution in [0.15, 0.2) is 35.2 Å². The number of aliphatic hydroxyl groups excluding tert-OH is 1. The number of fused-ring (bicyclic) bond motifs is 2. The van der Waals surface area contributed by atoms with E-state index in [1.54, 1.807) is 37.3 Å². The fourth-order valence-corrected chi connectivity index (χ4v) is 5.19.